The molecule has 0 aliphatic carbocycles. The van der Waals surface area contributed by atoms with E-state index < -0.39 is 27.7 Å². The second kappa shape index (κ2) is 9.98. The van der Waals surface area contributed by atoms with Gasteiger partial charge in [-0.2, -0.15) is 0 Å². The number of amides is 2. The number of thioether (sulfide) groups is 1. The number of hydrogen-bond acceptors (Lipinski definition) is 8. The summed E-state index contributed by atoms with van der Waals surface area (Å²) in [5, 5.41) is 13.4. The van der Waals surface area contributed by atoms with E-state index in [2.05, 4.69) is 0 Å². The van der Waals surface area contributed by atoms with Crippen molar-refractivity contribution in [1.82, 2.24) is 4.90 Å². The van der Waals surface area contributed by atoms with Gasteiger partial charge in [0, 0.05) is 6.92 Å². The Labute approximate surface area is 204 Å². The third kappa shape index (κ3) is 5.02. The predicted octanol–water partition coefficient (Wildman–Crippen LogP) is 5.31. The summed E-state index contributed by atoms with van der Waals surface area (Å²) in [6.45, 7) is 2.96. The van der Waals surface area contributed by atoms with E-state index in [0.29, 0.717) is 11.8 Å². The highest BCUT2D eigenvalue weighted by Crippen LogP contribution is 2.42. The van der Waals surface area contributed by atoms with Crippen LogP contribution in [0.1, 0.15) is 25.0 Å². The molecule has 2 amide bonds. The quantitative estimate of drug-likeness (QED) is 0.143. The maximum absolute atomic E-state index is 13.0. The first-order valence-corrected chi connectivity index (χ1v) is 11.5. The number of carbonyl (C=O) groups excluding carboxylic acids is 3. The largest absolute Gasteiger partial charge is 0.485 e. The van der Waals surface area contributed by atoms with Gasteiger partial charge in [0.1, 0.15) is 0 Å². The fraction of sp³-hybridized carbons (Fsp3) is 0.160. The van der Waals surface area contributed by atoms with Gasteiger partial charge in [0.2, 0.25) is 5.75 Å². The van der Waals surface area contributed by atoms with Gasteiger partial charge in [-0.05, 0) is 59.3 Å². The van der Waals surface area contributed by atoms with E-state index in [1.807, 2.05) is 42.5 Å². The number of esters is 1. The van der Waals surface area contributed by atoms with E-state index in [-0.39, 0.29) is 35.1 Å². The average molecular weight is 493 g/mol. The number of fused-ring (bicyclic) bond motifs is 1. The lowest BCUT2D eigenvalue weighted by molar-refractivity contribution is -0.386. The van der Waals surface area contributed by atoms with Gasteiger partial charge in [-0.15, -0.1) is 0 Å². The van der Waals surface area contributed by atoms with Crippen LogP contribution in [0, 0.1) is 10.1 Å². The number of hydrogen-bond donors (Lipinski definition) is 0. The zero-order chi connectivity index (χ0) is 25.1. The number of benzene rings is 3. The summed E-state index contributed by atoms with van der Waals surface area (Å²) in [6, 6.07) is 16.1. The minimum Gasteiger partial charge on any atom is -0.485 e. The van der Waals surface area contributed by atoms with Crippen LogP contribution < -0.4 is 9.47 Å². The molecule has 1 fully saturated rings. The molecule has 35 heavy (non-hydrogen) atoms. The highest BCUT2D eigenvalue weighted by atomic mass is 32.2. The van der Waals surface area contributed by atoms with Gasteiger partial charge < -0.3 is 9.47 Å². The second-order valence-electron chi connectivity index (χ2n) is 7.56. The van der Waals surface area contributed by atoms with Crippen LogP contribution in [0.5, 0.6) is 11.5 Å². The number of ether oxygens (including phenoxy) is 2. The normalized spacial score (nSPS) is 14.6. The summed E-state index contributed by atoms with van der Waals surface area (Å²) >= 11 is 0.704. The van der Waals surface area contributed by atoms with Crippen molar-refractivity contribution in [3.05, 3.63) is 80.7 Å². The molecule has 10 heteroatoms. The number of nitro benzene ring substituents is 1. The fourth-order valence-electron chi connectivity index (χ4n) is 3.69. The van der Waals surface area contributed by atoms with Crippen molar-refractivity contribution in [3.63, 3.8) is 0 Å². The van der Waals surface area contributed by atoms with Crippen LogP contribution in [-0.4, -0.2) is 33.5 Å². The van der Waals surface area contributed by atoms with Gasteiger partial charge in [0.25, 0.3) is 11.1 Å². The van der Waals surface area contributed by atoms with Crippen molar-refractivity contribution in [2.75, 3.05) is 6.61 Å². The number of nitrogens with zero attached hydrogens (tertiary/aromatic N) is 2. The van der Waals surface area contributed by atoms with E-state index in [9.17, 15) is 24.5 Å². The van der Waals surface area contributed by atoms with Crippen LogP contribution in [0.3, 0.4) is 0 Å². The molecule has 0 radical (unpaired) electrons. The lowest BCUT2D eigenvalue weighted by Gasteiger charge is -2.13. The van der Waals surface area contributed by atoms with Gasteiger partial charge in [-0.3, -0.25) is 29.4 Å². The molecule has 0 spiro atoms. The molecular formula is C25H20N2O7S. The Morgan fingerprint density at radius 3 is 2.54 bits per heavy atom. The van der Waals surface area contributed by atoms with Crippen molar-refractivity contribution in [3.8, 4) is 11.5 Å². The summed E-state index contributed by atoms with van der Waals surface area (Å²) in [4.78, 5) is 49.4. The van der Waals surface area contributed by atoms with Crippen LogP contribution in [-0.2, 0) is 16.1 Å². The van der Waals surface area contributed by atoms with Crippen molar-refractivity contribution < 1.29 is 28.8 Å². The summed E-state index contributed by atoms with van der Waals surface area (Å²) in [5.41, 5.74) is 0.361. The zero-order valence-electron chi connectivity index (χ0n) is 18.8. The molecular weight excluding hydrogens is 472 g/mol. The molecule has 1 aliphatic rings. The van der Waals surface area contributed by atoms with E-state index in [4.69, 9.17) is 9.47 Å². The Balaban J connectivity index is 1.67. The maximum Gasteiger partial charge on any atom is 0.322 e. The van der Waals surface area contributed by atoms with Crippen LogP contribution in [0.15, 0.2) is 59.5 Å². The minimum absolute atomic E-state index is 0.0431. The summed E-state index contributed by atoms with van der Waals surface area (Å²) in [6.07, 6.45) is 1.28. The number of imide groups is 1. The van der Waals surface area contributed by atoms with E-state index in [0.717, 1.165) is 21.2 Å². The molecule has 0 saturated carbocycles. The SMILES string of the molecule is CCOc1c(OC(C)=O)ccc(/C=C2\SC(=O)N(Cc3ccc4ccccc4c3)C2=O)c1[N+](=O)[O-]. The molecule has 0 atom stereocenters. The third-order valence-electron chi connectivity index (χ3n) is 5.17. The van der Waals surface area contributed by atoms with E-state index in [1.165, 1.54) is 25.1 Å². The molecule has 0 aromatic heterocycles. The van der Waals surface area contributed by atoms with Gasteiger partial charge in [-0.1, -0.05) is 36.4 Å². The summed E-state index contributed by atoms with van der Waals surface area (Å²) < 4.78 is 10.4. The number of rotatable bonds is 7. The Bertz CT molecular complexity index is 1400. The summed E-state index contributed by atoms with van der Waals surface area (Å²) in [5.74, 6) is -1.54. The average Bonchev–Trinajstić information content (AvgIpc) is 3.07. The Morgan fingerprint density at radius 1 is 1.11 bits per heavy atom. The molecule has 1 saturated heterocycles. The van der Waals surface area contributed by atoms with E-state index in [1.54, 1.807) is 6.92 Å². The van der Waals surface area contributed by atoms with Gasteiger partial charge >= 0.3 is 11.7 Å². The summed E-state index contributed by atoms with van der Waals surface area (Å²) in [7, 11) is 0. The highest BCUT2D eigenvalue weighted by molar-refractivity contribution is 8.18. The van der Waals surface area contributed by atoms with Crippen molar-refractivity contribution in [2.45, 2.75) is 20.4 Å². The molecule has 9 nitrogen and oxygen atoms in total. The third-order valence-corrected chi connectivity index (χ3v) is 6.07. The number of nitro groups is 1. The van der Waals surface area contributed by atoms with E-state index >= 15 is 0 Å². The fourth-order valence-corrected chi connectivity index (χ4v) is 4.52. The number of carbonyl (C=O) groups is 3. The zero-order valence-corrected chi connectivity index (χ0v) is 19.7. The Kier molecular flexibility index (Phi) is 6.83. The first-order chi connectivity index (χ1) is 16.8. The molecule has 4 rings (SSSR count). The standard InChI is InChI=1S/C25H20N2O7S/c1-3-33-23-20(34-15(2)28)11-10-19(22(23)27(31)32)13-21-24(29)26(25(30)35-21)14-16-8-9-17-6-4-5-7-18(17)12-16/h4-13H,3,14H2,1-2H3/b21-13-. The molecule has 0 unspecified atom stereocenters. The van der Waals surface area contributed by atoms with Crippen LogP contribution in [0.4, 0.5) is 10.5 Å². The monoisotopic (exact) mass is 492 g/mol. The van der Waals surface area contributed by atoms with Gasteiger partial charge in [0.05, 0.1) is 28.5 Å². The van der Waals surface area contributed by atoms with Crippen molar-refractivity contribution in [2.24, 2.45) is 0 Å². The minimum atomic E-state index is -0.677. The first kappa shape index (κ1) is 24.0. The topological polar surface area (TPSA) is 116 Å². The molecule has 1 aliphatic heterocycles. The molecule has 3 aromatic rings. The molecule has 0 bridgehead atoms. The lowest BCUT2D eigenvalue weighted by atomic mass is 10.1. The molecule has 0 N–H and O–H groups in total. The van der Waals surface area contributed by atoms with Crippen molar-refractivity contribution >= 4 is 51.4 Å². The van der Waals surface area contributed by atoms with Gasteiger partial charge in [0.15, 0.2) is 5.75 Å². The Hall–Kier alpha value is -4.18. The predicted molar refractivity (Wildman–Crippen MR) is 131 cm³/mol. The molecule has 178 valence electrons. The van der Waals surface area contributed by atoms with Crippen molar-refractivity contribution in [1.29, 1.82) is 0 Å². The highest BCUT2D eigenvalue weighted by Gasteiger charge is 2.36. The molecule has 3 aromatic carbocycles. The lowest BCUT2D eigenvalue weighted by Crippen LogP contribution is -2.27. The van der Waals surface area contributed by atoms with Crippen LogP contribution in [0.25, 0.3) is 16.8 Å². The first-order valence-electron chi connectivity index (χ1n) is 10.6. The smallest absolute Gasteiger partial charge is 0.322 e. The maximum atomic E-state index is 13.0. The molecule has 1 heterocycles. The van der Waals surface area contributed by atoms with Crippen LogP contribution >= 0.6 is 11.8 Å². The van der Waals surface area contributed by atoms with Crippen LogP contribution in [0.2, 0.25) is 0 Å². The second-order valence-corrected chi connectivity index (χ2v) is 8.56. The van der Waals surface area contributed by atoms with Gasteiger partial charge in [-0.25, -0.2) is 0 Å². The Morgan fingerprint density at radius 2 is 1.86 bits per heavy atom.